The minimum Gasteiger partial charge on any atom is -0.493 e. The minimum atomic E-state index is -0.828. The number of morpholine rings is 1. The molecule has 0 aromatic heterocycles. The highest BCUT2D eigenvalue weighted by Crippen LogP contribution is 2.28. The van der Waals surface area contributed by atoms with Gasteiger partial charge in [-0.2, -0.15) is 0 Å². The Morgan fingerprint density at radius 1 is 1.50 bits per heavy atom. The van der Waals surface area contributed by atoms with E-state index >= 15 is 0 Å². The number of hydrogen-bond acceptors (Lipinski definition) is 6. The van der Waals surface area contributed by atoms with E-state index in [0.29, 0.717) is 31.3 Å². The molecule has 0 amide bonds. The van der Waals surface area contributed by atoms with E-state index in [1.54, 1.807) is 25.1 Å². The van der Waals surface area contributed by atoms with E-state index in [1.165, 1.54) is 0 Å². The number of benzene rings is 1. The molecule has 1 atom stereocenters. The molecule has 0 radical (unpaired) electrons. The largest absolute Gasteiger partial charge is 0.493 e. The van der Waals surface area contributed by atoms with Crippen molar-refractivity contribution in [1.82, 2.24) is 9.80 Å². The number of hydrogen-bond donors (Lipinski definition) is 1. The lowest BCUT2D eigenvalue weighted by Crippen LogP contribution is -2.47. The van der Waals surface area contributed by atoms with Gasteiger partial charge in [0.25, 0.3) is 0 Å². The van der Waals surface area contributed by atoms with Gasteiger partial charge in [0.2, 0.25) is 0 Å². The molecule has 1 aromatic carbocycles. The molecule has 0 spiro atoms. The molecule has 1 aromatic rings. The predicted molar refractivity (Wildman–Crippen MR) is 98.8 cm³/mol. The summed E-state index contributed by atoms with van der Waals surface area (Å²) in [5, 5.41) is 8.87. The third kappa shape index (κ3) is 6.33. The van der Waals surface area contributed by atoms with Gasteiger partial charge in [0.1, 0.15) is 6.61 Å². The number of nitrogens with zero attached hydrogens (tertiary/aromatic N) is 2. The highest BCUT2D eigenvalue weighted by molar-refractivity contribution is 5.69. The van der Waals surface area contributed by atoms with Crippen LogP contribution in [0.15, 0.2) is 30.9 Å². The molecule has 1 N–H and O–H groups in total. The summed E-state index contributed by atoms with van der Waals surface area (Å²) >= 11 is 0. The third-order valence-corrected chi connectivity index (χ3v) is 4.13. The monoisotopic (exact) mass is 364 g/mol. The first kappa shape index (κ1) is 20.2. The zero-order chi connectivity index (χ0) is 18.9. The summed E-state index contributed by atoms with van der Waals surface area (Å²) in [4.78, 5) is 14.9. The van der Waals surface area contributed by atoms with E-state index in [1.807, 2.05) is 18.2 Å². The molecule has 144 valence electrons. The molecule has 26 heavy (non-hydrogen) atoms. The Balaban J connectivity index is 1.92. The van der Waals surface area contributed by atoms with Crippen LogP contribution in [0.25, 0.3) is 0 Å². The van der Waals surface area contributed by atoms with Crippen molar-refractivity contribution in [2.45, 2.75) is 12.6 Å². The Morgan fingerprint density at radius 2 is 2.31 bits per heavy atom. The van der Waals surface area contributed by atoms with Crippen molar-refractivity contribution in [2.75, 3.05) is 53.6 Å². The van der Waals surface area contributed by atoms with Crippen LogP contribution >= 0.6 is 0 Å². The first-order chi connectivity index (χ1) is 12.5. The highest BCUT2D eigenvalue weighted by atomic mass is 16.5. The number of ether oxygens (including phenoxy) is 3. The molecule has 0 bridgehead atoms. The van der Waals surface area contributed by atoms with Crippen LogP contribution in [0.5, 0.6) is 11.5 Å². The van der Waals surface area contributed by atoms with Crippen LogP contribution in [-0.4, -0.2) is 80.5 Å². The predicted octanol–water partition coefficient (Wildman–Crippen LogP) is 1.48. The number of carboxylic acid groups (broad SMARTS) is 1. The number of aliphatic carboxylic acids is 1. The van der Waals surface area contributed by atoms with E-state index < -0.39 is 5.97 Å². The van der Waals surface area contributed by atoms with E-state index in [-0.39, 0.29) is 12.6 Å². The van der Waals surface area contributed by atoms with Gasteiger partial charge in [-0.15, -0.1) is 0 Å². The Labute approximate surface area is 154 Å². The maximum Gasteiger partial charge on any atom is 0.317 e. The van der Waals surface area contributed by atoms with Gasteiger partial charge >= 0.3 is 5.97 Å². The third-order valence-electron chi connectivity index (χ3n) is 4.13. The number of methoxy groups -OCH3 is 1. The van der Waals surface area contributed by atoms with E-state index in [9.17, 15) is 4.79 Å². The fourth-order valence-corrected chi connectivity index (χ4v) is 3.01. The Bertz CT molecular complexity index is 608. The van der Waals surface area contributed by atoms with E-state index in [2.05, 4.69) is 11.5 Å². The van der Waals surface area contributed by atoms with Crippen LogP contribution < -0.4 is 9.47 Å². The van der Waals surface area contributed by atoms with Gasteiger partial charge < -0.3 is 19.3 Å². The van der Waals surface area contributed by atoms with Crippen LogP contribution in [0, 0.1) is 0 Å². The SMILES string of the molecule is C=CCOc1ccc(CN2CCOC(CN(C)CC(=O)O)C2)cc1OC. The molecule has 1 aliphatic rings. The molecular weight excluding hydrogens is 336 g/mol. The van der Waals surface area contributed by atoms with Crippen LogP contribution in [-0.2, 0) is 16.1 Å². The van der Waals surface area contributed by atoms with E-state index in [0.717, 1.165) is 25.2 Å². The fourth-order valence-electron chi connectivity index (χ4n) is 3.01. The molecule has 7 heteroatoms. The second-order valence-corrected chi connectivity index (χ2v) is 6.40. The summed E-state index contributed by atoms with van der Waals surface area (Å²) < 4.78 is 16.8. The van der Waals surface area contributed by atoms with Gasteiger partial charge in [0.15, 0.2) is 11.5 Å². The van der Waals surface area contributed by atoms with Crippen LogP contribution in [0.3, 0.4) is 0 Å². The van der Waals surface area contributed by atoms with Crippen molar-refractivity contribution >= 4 is 5.97 Å². The van der Waals surface area contributed by atoms with Crippen molar-refractivity contribution in [3.63, 3.8) is 0 Å². The average molecular weight is 364 g/mol. The molecule has 1 saturated heterocycles. The average Bonchev–Trinajstić information content (AvgIpc) is 2.60. The summed E-state index contributed by atoms with van der Waals surface area (Å²) in [5.74, 6) is 0.577. The molecule has 2 rings (SSSR count). The summed E-state index contributed by atoms with van der Waals surface area (Å²) in [6, 6.07) is 5.93. The van der Waals surface area contributed by atoms with Crippen LogP contribution in [0.2, 0.25) is 0 Å². The number of carboxylic acids is 1. The topological polar surface area (TPSA) is 71.5 Å². The standard InChI is InChI=1S/C19H28N2O5/c1-4-8-26-17-6-5-15(10-18(17)24-3)11-21-7-9-25-16(13-21)12-20(2)14-19(22)23/h4-6,10,16H,1,7-9,11-14H2,2-3H3,(H,22,23). The number of carbonyl (C=O) groups is 1. The molecule has 1 unspecified atom stereocenters. The fraction of sp³-hybridized carbons (Fsp3) is 0.526. The Kier molecular flexibility index (Phi) is 7.90. The first-order valence-electron chi connectivity index (χ1n) is 8.66. The van der Waals surface area contributed by atoms with Gasteiger partial charge in [-0.05, 0) is 24.7 Å². The zero-order valence-electron chi connectivity index (χ0n) is 15.5. The van der Waals surface area contributed by atoms with Crippen LogP contribution in [0.1, 0.15) is 5.56 Å². The molecule has 1 heterocycles. The normalized spacial score (nSPS) is 17.9. The number of rotatable bonds is 10. The van der Waals surface area contributed by atoms with Crippen molar-refractivity contribution in [3.8, 4) is 11.5 Å². The molecular formula is C19H28N2O5. The van der Waals surface area contributed by atoms with Gasteiger partial charge in [0, 0.05) is 26.2 Å². The lowest BCUT2D eigenvalue weighted by Gasteiger charge is -2.34. The molecule has 1 aliphatic heterocycles. The smallest absolute Gasteiger partial charge is 0.317 e. The molecule has 0 saturated carbocycles. The first-order valence-corrected chi connectivity index (χ1v) is 8.66. The second kappa shape index (κ2) is 10.2. The quantitative estimate of drug-likeness (QED) is 0.631. The summed E-state index contributed by atoms with van der Waals surface area (Å²) in [6.07, 6.45) is 1.70. The molecule has 7 nitrogen and oxygen atoms in total. The maximum atomic E-state index is 10.8. The van der Waals surface area contributed by atoms with Crippen molar-refractivity contribution in [1.29, 1.82) is 0 Å². The van der Waals surface area contributed by atoms with Crippen LogP contribution in [0.4, 0.5) is 0 Å². The van der Waals surface area contributed by atoms with Gasteiger partial charge in [-0.25, -0.2) is 0 Å². The molecule has 1 fully saturated rings. The minimum absolute atomic E-state index is 0.00481. The van der Waals surface area contributed by atoms with Crippen molar-refractivity contribution < 1.29 is 24.1 Å². The maximum absolute atomic E-state index is 10.8. The summed E-state index contributed by atoms with van der Waals surface area (Å²) in [6.45, 7) is 7.73. The second-order valence-electron chi connectivity index (χ2n) is 6.40. The summed E-state index contributed by atoms with van der Waals surface area (Å²) in [7, 11) is 3.42. The van der Waals surface area contributed by atoms with Gasteiger partial charge in [-0.1, -0.05) is 18.7 Å². The highest BCUT2D eigenvalue weighted by Gasteiger charge is 2.22. The van der Waals surface area contributed by atoms with Crippen molar-refractivity contribution in [2.24, 2.45) is 0 Å². The van der Waals surface area contributed by atoms with Crippen molar-refractivity contribution in [3.05, 3.63) is 36.4 Å². The lowest BCUT2D eigenvalue weighted by atomic mass is 10.1. The lowest BCUT2D eigenvalue weighted by molar-refractivity contribution is -0.138. The number of likely N-dealkylation sites (N-methyl/N-ethyl adjacent to an activating group) is 1. The molecule has 0 aliphatic carbocycles. The Hall–Kier alpha value is -2.09. The zero-order valence-corrected chi connectivity index (χ0v) is 15.5. The van der Waals surface area contributed by atoms with Gasteiger partial charge in [0.05, 0.1) is 26.4 Å². The Morgan fingerprint density at radius 3 is 3.00 bits per heavy atom. The van der Waals surface area contributed by atoms with E-state index in [4.69, 9.17) is 19.3 Å². The summed E-state index contributed by atoms with van der Waals surface area (Å²) in [5.41, 5.74) is 1.13. The van der Waals surface area contributed by atoms with Gasteiger partial charge in [-0.3, -0.25) is 14.6 Å².